The predicted molar refractivity (Wildman–Crippen MR) is 76.4 cm³/mol. The number of likely N-dealkylation sites (tertiary alicyclic amines) is 1. The first-order valence-electron chi connectivity index (χ1n) is 7.53. The molecule has 108 valence electrons. The van der Waals surface area contributed by atoms with Crippen LogP contribution >= 0.6 is 0 Å². The fourth-order valence-corrected chi connectivity index (χ4v) is 3.29. The van der Waals surface area contributed by atoms with Gasteiger partial charge < -0.3 is 0 Å². The fourth-order valence-electron chi connectivity index (χ4n) is 3.29. The van der Waals surface area contributed by atoms with Gasteiger partial charge in [-0.25, -0.2) is 0 Å². The van der Waals surface area contributed by atoms with Crippen molar-refractivity contribution in [2.45, 2.75) is 38.4 Å². The Morgan fingerprint density at radius 3 is 2.95 bits per heavy atom. The van der Waals surface area contributed by atoms with Gasteiger partial charge in [-0.15, -0.1) is 0 Å². The minimum absolute atomic E-state index is 0.401. The lowest BCUT2D eigenvalue weighted by Crippen LogP contribution is -2.47. The highest BCUT2D eigenvalue weighted by molar-refractivity contribution is 5.22. The topological polar surface area (TPSA) is 62.7 Å². The Morgan fingerprint density at radius 2 is 2.14 bits per heavy atom. The molecule has 0 N–H and O–H groups in total. The summed E-state index contributed by atoms with van der Waals surface area (Å²) in [6, 6.07) is 2.53. The zero-order valence-corrected chi connectivity index (χ0v) is 11.9. The van der Waals surface area contributed by atoms with Gasteiger partial charge in [-0.1, -0.05) is 0 Å². The Kier molecular flexibility index (Phi) is 3.00. The molecule has 6 nitrogen and oxygen atoms in total. The van der Waals surface area contributed by atoms with E-state index in [1.165, 1.54) is 24.1 Å². The average Bonchev–Trinajstić information content (AvgIpc) is 3.09. The molecule has 0 saturated carbocycles. The molecule has 2 aromatic rings. The van der Waals surface area contributed by atoms with E-state index in [-0.39, 0.29) is 0 Å². The molecule has 0 amide bonds. The summed E-state index contributed by atoms with van der Waals surface area (Å²) >= 11 is 0. The maximum Gasteiger partial charge on any atom is 0.102 e. The van der Waals surface area contributed by atoms with Crippen molar-refractivity contribution >= 4 is 0 Å². The van der Waals surface area contributed by atoms with Gasteiger partial charge in [0.1, 0.15) is 6.07 Å². The summed E-state index contributed by atoms with van der Waals surface area (Å²) < 4.78 is 4.09. The molecular formula is C15H18N6. The van der Waals surface area contributed by atoms with Gasteiger partial charge in [-0.2, -0.15) is 15.5 Å². The zero-order valence-electron chi connectivity index (χ0n) is 11.9. The van der Waals surface area contributed by atoms with E-state index in [1.807, 2.05) is 17.1 Å². The van der Waals surface area contributed by atoms with Crippen molar-refractivity contribution in [3.63, 3.8) is 0 Å². The molecule has 21 heavy (non-hydrogen) atoms. The second kappa shape index (κ2) is 5.01. The summed E-state index contributed by atoms with van der Waals surface area (Å²) in [7, 11) is 0. The van der Waals surface area contributed by atoms with Crippen LogP contribution in [-0.4, -0.2) is 37.6 Å². The molecule has 1 saturated heterocycles. The largest absolute Gasteiger partial charge is 0.295 e. The van der Waals surface area contributed by atoms with E-state index >= 15 is 0 Å². The van der Waals surface area contributed by atoms with Gasteiger partial charge in [-0.3, -0.25) is 14.3 Å². The third kappa shape index (κ3) is 2.24. The van der Waals surface area contributed by atoms with Gasteiger partial charge in [0, 0.05) is 43.6 Å². The minimum atomic E-state index is 0.401. The Morgan fingerprint density at radius 1 is 1.24 bits per heavy atom. The number of rotatable bonds is 3. The summed E-state index contributed by atoms with van der Waals surface area (Å²) in [5, 5.41) is 17.6. The van der Waals surface area contributed by atoms with Crippen LogP contribution in [0.1, 0.15) is 35.7 Å². The molecule has 4 rings (SSSR count). The Hall–Kier alpha value is -2.13. The van der Waals surface area contributed by atoms with Crippen molar-refractivity contribution in [3.05, 3.63) is 35.4 Å². The van der Waals surface area contributed by atoms with Gasteiger partial charge in [0.15, 0.2) is 0 Å². The molecule has 0 radical (unpaired) electrons. The van der Waals surface area contributed by atoms with Crippen LogP contribution in [-0.2, 0) is 19.5 Å². The number of nitriles is 1. The zero-order chi connectivity index (χ0) is 14.2. The lowest BCUT2D eigenvalue weighted by Gasteiger charge is -2.39. The highest BCUT2D eigenvalue weighted by Gasteiger charge is 2.30. The predicted octanol–water partition coefficient (Wildman–Crippen LogP) is 1.34. The lowest BCUT2D eigenvalue weighted by atomic mass is 10.0. The highest BCUT2D eigenvalue weighted by atomic mass is 15.4. The van der Waals surface area contributed by atoms with Crippen molar-refractivity contribution in [3.8, 4) is 6.07 Å². The summed E-state index contributed by atoms with van der Waals surface area (Å²) in [4.78, 5) is 2.42. The van der Waals surface area contributed by atoms with Crippen molar-refractivity contribution < 1.29 is 0 Å². The van der Waals surface area contributed by atoms with Gasteiger partial charge in [0.2, 0.25) is 0 Å². The molecule has 2 aliphatic heterocycles. The Bertz CT molecular complexity index is 685. The SMILES string of the molecule is N#Cc1cnn(C2CN(Cc3cnn4c3CCCC4)C2)c1. The van der Waals surface area contributed by atoms with E-state index < -0.39 is 0 Å². The van der Waals surface area contributed by atoms with Crippen molar-refractivity contribution in [2.75, 3.05) is 13.1 Å². The van der Waals surface area contributed by atoms with Gasteiger partial charge in [-0.05, 0) is 19.3 Å². The van der Waals surface area contributed by atoms with Crippen LogP contribution in [0.15, 0.2) is 18.6 Å². The molecule has 4 heterocycles. The maximum atomic E-state index is 8.84. The third-order valence-electron chi connectivity index (χ3n) is 4.51. The molecule has 0 bridgehead atoms. The molecule has 0 spiro atoms. The first-order valence-corrected chi connectivity index (χ1v) is 7.53. The molecule has 0 aromatic carbocycles. The first kappa shape index (κ1) is 12.6. The second-order valence-electron chi connectivity index (χ2n) is 5.97. The second-order valence-corrected chi connectivity index (χ2v) is 5.97. The normalized spacial score (nSPS) is 19.0. The lowest BCUT2D eigenvalue weighted by molar-refractivity contribution is 0.0905. The average molecular weight is 282 g/mol. The summed E-state index contributed by atoms with van der Waals surface area (Å²) in [6.07, 6.45) is 9.21. The van der Waals surface area contributed by atoms with E-state index in [9.17, 15) is 0 Å². The van der Waals surface area contributed by atoms with Crippen LogP contribution in [0.5, 0.6) is 0 Å². The summed E-state index contributed by atoms with van der Waals surface area (Å²) in [6.45, 7) is 4.05. The Labute approximate surface area is 123 Å². The molecular weight excluding hydrogens is 264 g/mol. The smallest absolute Gasteiger partial charge is 0.102 e. The van der Waals surface area contributed by atoms with Crippen LogP contribution in [0, 0.1) is 11.3 Å². The highest BCUT2D eigenvalue weighted by Crippen LogP contribution is 2.25. The van der Waals surface area contributed by atoms with Crippen LogP contribution in [0.25, 0.3) is 0 Å². The van der Waals surface area contributed by atoms with Gasteiger partial charge in [0.25, 0.3) is 0 Å². The number of aryl methyl sites for hydroxylation is 1. The monoisotopic (exact) mass is 282 g/mol. The maximum absolute atomic E-state index is 8.84. The fraction of sp³-hybridized carbons (Fsp3) is 0.533. The van der Waals surface area contributed by atoms with Crippen molar-refractivity contribution in [2.24, 2.45) is 0 Å². The molecule has 2 aliphatic rings. The minimum Gasteiger partial charge on any atom is -0.295 e. The van der Waals surface area contributed by atoms with Crippen molar-refractivity contribution in [1.82, 2.24) is 24.5 Å². The number of aromatic nitrogens is 4. The van der Waals surface area contributed by atoms with Crippen LogP contribution in [0.3, 0.4) is 0 Å². The molecule has 2 aromatic heterocycles. The molecule has 0 unspecified atom stereocenters. The number of hydrogen-bond donors (Lipinski definition) is 0. The number of nitrogens with zero attached hydrogens (tertiary/aromatic N) is 6. The van der Waals surface area contributed by atoms with Crippen LogP contribution in [0.2, 0.25) is 0 Å². The van der Waals surface area contributed by atoms with Gasteiger partial charge in [0.05, 0.1) is 24.0 Å². The first-order chi connectivity index (χ1) is 10.3. The molecule has 1 fully saturated rings. The van der Waals surface area contributed by atoms with E-state index in [1.54, 1.807) is 6.20 Å². The molecule has 6 heteroatoms. The van der Waals surface area contributed by atoms with Gasteiger partial charge >= 0.3 is 0 Å². The van der Waals surface area contributed by atoms with Crippen molar-refractivity contribution in [1.29, 1.82) is 5.26 Å². The third-order valence-corrected chi connectivity index (χ3v) is 4.51. The molecule has 0 aliphatic carbocycles. The van der Waals surface area contributed by atoms with E-state index in [0.29, 0.717) is 11.6 Å². The quantitative estimate of drug-likeness (QED) is 0.852. The summed E-state index contributed by atoms with van der Waals surface area (Å²) in [5.74, 6) is 0. The van der Waals surface area contributed by atoms with Crippen LogP contribution < -0.4 is 0 Å². The number of hydrogen-bond acceptors (Lipinski definition) is 4. The van der Waals surface area contributed by atoms with Crippen LogP contribution in [0.4, 0.5) is 0 Å². The van der Waals surface area contributed by atoms with E-state index in [4.69, 9.17) is 5.26 Å². The molecule has 0 atom stereocenters. The Balaban J connectivity index is 1.38. The van der Waals surface area contributed by atoms with E-state index in [0.717, 1.165) is 32.6 Å². The summed E-state index contributed by atoms with van der Waals surface area (Å²) in [5.41, 5.74) is 3.45. The standard InChI is InChI=1S/C15H18N6/c16-5-12-6-17-21(8-12)14-10-19(11-14)9-13-7-18-20-4-2-1-3-15(13)20/h6-8,14H,1-4,9-11H2. The van der Waals surface area contributed by atoms with E-state index in [2.05, 4.69) is 25.8 Å². The number of fused-ring (bicyclic) bond motifs is 1.